The van der Waals surface area contributed by atoms with Crippen molar-refractivity contribution in [3.05, 3.63) is 16.1 Å². The topological polar surface area (TPSA) is 38.9 Å². The van der Waals surface area contributed by atoms with Gasteiger partial charge in [-0.15, -0.1) is 11.3 Å². The highest BCUT2D eigenvalue weighted by Gasteiger charge is 2.65. The molecular formula is C12H18N2S. The lowest BCUT2D eigenvalue weighted by Crippen LogP contribution is -2.37. The summed E-state index contributed by atoms with van der Waals surface area (Å²) < 4.78 is 0. The maximum Gasteiger partial charge on any atom is 0.0953 e. The van der Waals surface area contributed by atoms with Crippen molar-refractivity contribution in [3.63, 3.8) is 0 Å². The first-order valence-electron chi connectivity index (χ1n) is 5.82. The van der Waals surface area contributed by atoms with Crippen LogP contribution in [0.3, 0.4) is 0 Å². The third-order valence-electron chi connectivity index (χ3n) is 4.00. The summed E-state index contributed by atoms with van der Waals surface area (Å²) in [5.41, 5.74) is 8.04. The van der Waals surface area contributed by atoms with Gasteiger partial charge in [-0.2, -0.15) is 0 Å². The molecule has 1 aromatic rings. The van der Waals surface area contributed by atoms with Gasteiger partial charge in [0.05, 0.1) is 10.7 Å². The molecule has 0 aliphatic heterocycles. The van der Waals surface area contributed by atoms with Gasteiger partial charge in [-0.1, -0.05) is 13.8 Å². The van der Waals surface area contributed by atoms with Crippen molar-refractivity contribution < 1.29 is 0 Å². The largest absolute Gasteiger partial charge is 0.324 e. The van der Waals surface area contributed by atoms with E-state index in [1.165, 1.54) is 36.4 Å². The molecule has 15 heavy (non-hydrogen) atoms. The minimum absolute atomic E-state index is 0.106. The molecule has 3 heteroatoms. The molecule has 2 aliphatic rings. The molecule has 1 heterocycles. The predicted molar refractivity (Wildman–Crippen MR) is 63.3 cm³/mol. The molecule has 3 rings (SSSR count). The maximum absolute atomic E-state index is 6.37. The predicted octanol–water partition coefficient (Wildman–Crippen LogP) is 2.79. The summed E-state index contributed by atoms with van der Waals surface area (Å²) in [7, 11) is 0. The molecular weight excluding hydrogens is 204 g/mol. The minimum Gasteiger partial charge on any atom is -0.324 e. The molecule has 0 saturated heterocycles. The average molecular weight is 222 g/mol. The van der Waals surface area contributed by atoms with E-state index in [0.29, 0.717) is 5.92 Å². The van der Waals surface area contributed by atoms with Crippen molar-refractivity contribution in [2.45, 2.75) is 56.4 Å². The summed E-state index contributed by atoms with van der Waals surface area (Å²) in [5, 5.41) is 3.51. The zero-order chi connectivity index (χ0) is 10.7. The van der Waals surface area contributed by atoms with Crippen molar-refractivity contribution in [2.75, 3.05) is 0 Å². The number of nitrogens with zero attached hydrogens (tertiary/aromatic N) is 1. The third kappa shape index (κ3) is 1.29. The minimum atomic E-state index is 0.106. The van der Waals surface area contributed by atoms with Gasteiger partial charge in [0.2, 0.25) is 0 Å². The Balaban J connectivity index is 1.93. The number of rotatable bonds is 3. The summed E-state index contributed by atoms with van der Waals surface area (Å²) in [5.74, 6) is 0.549. The Hall–Kier alpha value is -0.410. The van der Waals surface area contributed by atoms with Crippen LogP contribution in [0.25, 0.3) is 0 Å². The van der Waals surface area contributed by atoms with Crippen LogP contribution in [0.1, 0.15) is 56.2 Å². The number of hydrogen-bond donors (Lipinski definition) is 1. The molecule has 0 aromatic carbocycles. The van der Waals surface area contributed by atoms with Crippen molar-refractivity contribution in [2.24, 2.45) is 5.73 Å². The average Bonchev–Trinajstić information content (AvgIpc) is 3.08. The smallest absolute Gasteiger partial charge is 0.0953 e. The van der Waals surface area contributed by atoms with Gasteiger partial charge in [-0.3, -0.25) is 0 Å². The van der Waals surface area contributed by atoms with Crippen LogP contribution in [-0.4, -0.2) is 10.5 Å². The Morgan fingerprint density at radius 1 is 1.33 bits per heavy atom. The van der Waals surface area contributed by atoms with E-state index in [2.05, 4.69) is 19.2 Å². The Kier molecular flexibility index (Phi) is 1.85. The first kappa shape index (κ1) is 9.79. The van der Waals surface area contributed by atoms with E-state index in [9.17, 15) is 0 Å². The van der Waals surface area contributed by atoms with Crippen molar-refractivity contribution in [3.8, 4) is 0 Å². The Bertz CT molecular complexity index is 386. The van der Waals surface area contributed by atoms with E-state index in [-0.39, 0.29) is 11.0 Å². The number of thiazole rings is 1. The molecule has 0 unspecified atom stereocenters. The molecule has 0 bridgehead atoms. The highest BCUT2D eigenvalue weighted by atomic mass is 32.1. The molecule has 82 valence electrons. The van der Waals surface area contributed by atoms with Crippen LogP contribution in [0.15, 0.2) is 5.38 Å². The van der Waals surface area contributed by atoms with Gasteiger partial charge in [0.1, 0.15) is 0 Å². The highest BCUT2D eigenvalue weighted by molar-refractivity contribution is 7.09. The summed E-state index contributed by atoms with van der Waals surface area (Å²) in [4.78, 5) is 4.79. The van der Waals surface area contributed by atoms with E-state index in [4.69, 9.17) is 10.7 Å². The molecule has 2 fully saturated rings. The van der Waals surface area contributed by atoms with Gasteiger partial charge in [-0.25, -0.2) is 4.98 Å². The number of nitrogens with two attached hydrogens (primary N) is 1. The van der Waals surface area contributed by atoms with Crippen LogP contribution in [0.2, 0.25) is 0 Å². The first-order chi connectivity index (χ1) is 7.07. The number of aromatic nitrogens is 1. The molecule has 0 spiro atoms. The summed E-state index contributed by atoms with van der Waals surface area (Å²) in [6, 6.07) is 0. The normalized spacial score (nSPS) is 25.6. The molecule has 2 aliphatic carbocycles. The highest BCUT2D eigenvalue weighted by Crippen LogP contribution is 2.63. The van der Waals surface area contributed by atoms with Crippen LogP contribution in [-0.2, 0) is 5.41 Å². The fourth-order valence-electron chi connectivity index (χ4n) is 2.52. The van der Waals surface area contributed by atoms with E-state index >= 15 is 0 Å². The molecule has 0 atom stereocenters. The molecule has 1 aromatic heterocycles. The standard InChI is InChI=1S/C12H18N2S/c1-8(2)10-14-9(7-15-10)11(3-4-11)12(13)5-6-12/h7-8H,3-6,13H2,1-2H3. The van der Waals surface area contributed by atoms with Crippen molar-refractivity contribution in [1.29, 1.82) is 0 Å². The first-order valence-corrected chi connectivity index (χ1v) is 6.70. The van der Waals surface area contributed by atoms with E-state index < -0.39 is 0 Å². The summed E-state index contributed by atoms with van der Waals surface area (Å²) in [6.45, 7) is 4.41. The second-order valence-corrected chi connectivity index (χ2v) is 6.35. The van der Waals surface area contributed by atoms with Gasteiger partial charge in [-0.05, 0) is 25.7 Å². The van der Waals surface area contributed by atoms with Crippen molar-refractivity contribution in [1.82, 2.24) is 4.98 Å². The maximum atomic E-state index is 6.37. The lowest BCUT2D eigenvalue weighted by atomic mass is 9.91. The van der Waals surface area contributed by atoms with E-state index in [1.807, 2.05) is 0 Å². The quantitative estimate of drug-likeness (QED) is 0.854. The van der Waals surface area contributed by atoms with Crippen LogP contribution < -0.4 is 5.73 Å². The second kappa shape index (κ2) is 2.83. The third-order valence-corrected chi connectivity index (χ3v) is 5.14. The van der Waals surface area contributed by atoms with Crippen molar-refractivity contribution >= 4 is 11.3 Å². The van der Waals surface area contributed by atoms with Gasteiger partial charge >= 0.3 is 0 Å². The van der Waals surface area contributed by atoms with Crippen LogP contribution in [0.5, 0.6) is 0 Å². The molecule has 0 radical (unpaired) electrons. The summed E-state index contributed by atoms with van der Waals surface area (Å²) >= 11 is 1.80. The van der Waals surface area contributed by atoms with Gasteiger partial charge < -0.3 is 5.73 Å². The zero-order valence-electron chi connectivity index (χ0n) is 9.42. The Labute approximate surface area is 94.9 Å². The lowest BCUT2D eigenvalue weighted by molar-refractivity contribution is 0.492. The van der Waals surface area contributed by atoms with E-state index in [0.717, 1.165) is 0 Å². The fourth-order valence-corrected chi connectivity index (χ4v) is 3.45. The van der Waals surface area contributed by atoms with Crippen LogP contribution >= 0.6 is 11.3 Å². The van der Waals surface area contributed by atoms with Crippen LogP contribution in [0, 0.1) is 0 Å². The molecule has 0 amide bonds. The lowest BCUT2D eigenvalue weighted by Gasteiger charge is -2.20. The summed E-state index contributed by atoms with van der Waals surface area (Å²) in [6.07, 6.45) is 4.90. The second-order valence-electron chi connectivity index (χ2n) is 5.46. The Morgan fingerprint density at radius 3 is 2.40 bits per heavy atom. The monoisotopic (exact) mass is 222 g/mol. The molecule has 2 saturated carbocycles. The van der Waals surface area contributed by atoms with Gasteiger partial charge in [0, 0.05) is 22.3 Å². The van der Waals surface area contributed by atoms with Gasteiger partial charge in [0.15, 0.2) is 0 Å². The van der Waals surface area contributed by atoms with Gasteiger partial charge in [0.25, 0.3) is 0 Å². The molecule has 2 N–H and O–H groups in total. The van der Waals surface area contributed by atoms with Crippen LogP contribution in [0.4, 0.5) is 0 Å². The number of hydrogen-bond acceptors (Lipinski definition) is 3. The molecule has 2 nitrogen and oxygen atoms in total. The Morgan fingerprint density at radius 2 is 2.00 bits per heavy atom. The van der Waals surface area contributed by atoms with E-state index in [1.54, 1.807) is 11.3 Å². The zero-order valence-corrected chi connectivity index (χ0v) is 10.2. The fraction of sp³-hybridized carbons (Fsp3) is 0.750. The SMILES string of the molecule is CC(C)c1nc(C2(C3(N)CC3)CC2)cs1.